The number of aliphatic carboxylic acids is 1. The number of nitrogens with zero attached hydrogens (tertiary/aromatic N) is 1. The summed E-state index contributed by atoms with van der Waals surface area (Å²) in [6.07, 6.45) is 0. The highest BCUT2D eigenvalue weighted by atomic mass is 79.9. The molecule has 0 bridgehead atoms. The largest absolute Gasteiger partial charge is 0.480 e. The third-order valence-corrected chi connectivity index (χ3v) is 2.91. The number of carboxylic acid groups (broad SMARTS) is 1. The van der Waals surface area contributed by atoms with Crippen molar-refractivity contribution in [2.24, 2.45) is 0 Å². The first-order chi connectivity index (χ1) is 8.21. The van der Waals surface area contributed by atoms with Gasteiger partial charge in [0.25, 0.3) is 5.91 Å². The fraction of sp³-hybridized carbons (Fsp3) is 0.385. The highest BCUT2D eigenvalue weighted by Gasteiger charge is 2.29. The molecule has 1 amide bonds. The molecule has 1 aromatic carbocycles. The lowest BCUT2D eigenvalue weighted by molar-refractivity contribution is -0.138. The summed E-state index contributed by atoms with van der Waals surface area (Å²) in [5.41, 5.74) is -0.0711. The van der Waals surface area contributed by atoms with Crippen molar-refractivity contribution < 1.29 is 14.7 Å². The van der Waals surface area contributed by atoms with E-state index in [-0.39, 0.29) is 12.5 Å². The highest BCUT2D eigenvalue weighted by Crippen LogP contribution is 2.19. The van der Waals surface area contributed by atoms with Gasteiger partial charge in [0, 0.05) is 15.6 Å². The molecule has 1 aromatic rings. The van der Waals surface area contributed by atoms with E-state index in [0.29, 0.717) is 5.56 Å². The van der Waals surface area contributed by atoms with Crippen LogP contribution < -0.4 is 0 Å². The standard InChI is InChI=1S/C13H16BrNO3/c1-13(2,3)15(8-11(16)17)12(18)9-5-4-6-10(14)7-9/h4-7H,8H2,1-3H3,(H,16,17). The monoisotopic (exact) mass is 313 g/mol. The second-order valence-electron chi connectivity index (χ2n) is 4.97. The summed E-state index contributed by atoms with van der Waals surface area (Å²) >= 11 is 3.29. The molecule has 0 aromatic heterocycles. The van der Waals surface area contributed by atoms with E-state index in [1.807, 2.05) is 26.8 Å². The van der Waals surface area contributed by atoms with Gasteiger partial charge in [-0.1, -0.05) is 22.0 Å². The zero-order valence-electron chi connectivity index (χ0n) is 10.6. The predicted molar refractivity (Wildman–Crippen MR) is 72.6 cm³/mol. The van der Waals surface area contributed by atoms with Gasteiger partial charge in [-0.3, -0.25) is 9.59 Å². The number of halogens is 1. The number of rotatable bonds is 3. The second kappa shape index (κ2) is 5.52. The van der Waals surface area contributed by atoms with Crippen LogP contribution in [-0.4, -0.2) is 34.0 Å². The lowest BCUT2D eigenvalue weighted by Gasteiger charge is -2.34. The first-order valence-electron chi connectivity index (χ1n) is 5.51. The summed E-state index contributed by atoms with van der Waals surface area (Å²) in [6.45, 7) is 5.12. The Morgan fingerprint density at radius 3 is 2.39 bits per heavy atom. The van der Waals surface area contributed by atoms with Crippen LogP contribution in [0.5, 0.6) is 0 Å². The lowest BCUT2D eigenvalue weighted by Crippen LogP contribution is -2.48. The molecule has 5 heteroatoms. The fourth-order valence-electron chi connectivity index (χ4n) is 1.53. The molecule has 0 aliphatic carbocycles. The summed E-state index contributed by atoms with van der Waals surface area (Å²) in [6, 6.07) is 6.92. The van der Waals surface area contributed by atoms with E-state index in [0.717, 1.165) is 4.47 Å². The molecule has 0 saturated carbocycles. The summed E-state index contributed by atoms with van der Waals surface area (Å²) in [5, 5.41) is 8.89. The van der Waals surface area contributed by atoms with Gasteiger partial charge < -0.3 is 10.0 Å². The first-order valence-corrected chi connectivity index (χ1v) is 6.30. The summed E-state index contributed by atoms with van der Waals surface area (Å²) in [7, 11) is 0. The van der Waals surface area contributed by atoms with Crippen molar-refractivity contribution in [3.8, 4) is 0 Å². The molecule has 0 saturated heterocycles. The lowest BCUT2D eigenvalue weighted by atomic mass is 10.0. The first kappa shape index (κ1) is 14.7. The van der Waals surface area contributed by atoms with Gasteiger partial charge in [0.15, 0.2) is 0 Å². The van der Waals surface area contributed by atoms with Crippen LogP contribution in [0.25, 0.3) is 0 Å². The van der Waals surface area contributed by atoms with Crippen LogP contribution in [0, 0.1) is 0 Å². The Balaban J connectivity index is 3.06. The van der Waals surface area contributed by atoms with Crippen LogP contribution in [0.4, 0.5) is 0 Å². The number of carbonyl (C=O) groups excluding carboxylic acids is 1. The van der Waals surface area contributed by atoms with Gasteiger partial charge in [-0.05, 0) is 39.0 Å². The molecular weight excluding hydrogens is 298 g/mol. The molecule has 0 heterocycles. The number of amides is 1. The molecule has 0 fully saturated rings. The maximum Gasteiger partial charge on any atom is 0.323 e. The van der Waals surface area contributed by atoms with Crippen LogP contribution in [0.15, 0.2) is 28.7 Å². The van der Waals surface area contributed by atoms with Crippen LogP contribution in [0.2, 0.25) is 0 Å². The summed E-state index contributed by atoms with van der Waals surface area (Å²) in [5.74, 6) is -1.31. The Bertz CT molecular complexity index is 466. The quantitative estimate of drug-likeness (QED) is 0.933. The van der Waals surface area contributed by atoms with Crippen LogP contribution in [0.3, 0.4) is 0 Å². The minimum Gasteiger partial charge on any atom is -0.480 e. The van der Waals surface area contributed by atoms with Crippen molar-refractivity contribution in [2.45, 2.75) is 26.3 Å². The third-order valence-electron chi connectivity index (χ3n) is 2.42. The van der Waals surface area contributed by atoms with Crippen molar-refractivity contribution in [1.82, 2.24) is 4.90 Å². The molecule has 4 nitrogen and oxygen atoms in total. The molecule has 1 N–H and O–H groups in total. The van der Waals surface area contributed by atoms with E-state index in [1.54, 1.807) is 18.2 Å². The van der Waals surface area contributed by atoms with Crippen LogP contribution in [-0.2, 0) is 4.79 Å². The molecular formula is C13H16BrNO3. The summed E-state index contributed by atoms with van der Waals surface area (Å²) in [4.78, 5) is 24.5. The normalized spacial score (nSPS) is 11.1. The van der Waals surface area contributed by atoms with E-state index < -0.39 is 11.5 Å². The predicted octanol–water partition coefficient (Wildman–Crippen LogP) is 2.77. The zero-order chi connectivity index (χ0) is 13.9. The maximum atomic E-state index is 12.3. The van der Waals surface area contributed by atoms with Gasteiger partial charge >= 0.3 is 5.97 Å². The number of carbonyl (C=O) groups is 2. The molecule has 0 unspecified atom stereocenters. The van der Waals surface area contributed by atoms with Gasteiger partial charge in [-0.25, -0.2) is 0 Å². The molecule has 1 rings (SSSR count). The number of hydrogen-bond acceptors (Lipinski definition) is 2. The Morgan fingerprint density at radius 2 is 1.94 bits per heavy atom. The third kappa shape index (κ3) is 3.84. The molecule has 0 atom stereocenters. The number of carboxylic acids is 1. The molecule has 98 valence electrons. The van der Waals surface area contributed by atoms with Gasteiger partial charge in [0.2, 0.25) is 0 Å². The maximum absolute atomic E-state index is 12.3. The Labute approximate surface area is 115 Å². The fourth-order valence-corrected chi connectivity index (χ4v) is 1.93. The molecule has 0 aliphatic heterocycles. The van der Waals surface area contributed by atoms with Gasteiger partial charge in [0.1, 0.15) is 6.54 Å². The van der Waals surface area contributed by atoms with E-state index in [9.17, 15) is 9.59 Å². The minimum absolute atomic E-state index is 0.286. The smallest absolute Gasteiger partial charge is 0.323 e. The number of benzene rings is 1. The minimum atomic E-state index is -1.02. The Morgan fingerprint density at radius 1 is 1.33 bits per heavy atom. The van der Waals surface area contributed by atoms with Crippen molar-refractivity contribution in [1.29, 1.82) is 0 Å². The van der Waals surface area contributed by atoms with Gasteiger partial charge in [0.05, 0.1) is 0 Å². The average molecular weight is 314 g/mol. The van der Waals surface area contributed by atoms with Crippen molar-refractivity contribution in [2.75, 3.05) is 6.54 Å². The number of hydrogen-bond donors (Lipinski definition) is 1. The van der Waals surface area contributed by atoms with Crippen molar-refractivity contribution in [3.05, 3.63) is 34.3 Å². The van der Waals surface area contributed by atoms with Crippen molar-refractivity contribution in [3.63, 3.8) is 0 Å². The van der Waals surface area contributed by atoms with E-state index in [4.69, 9.17) is 5.11 Å². The molecule has 0 radical (unpaired) electrons. The topological polar surface area (TPSA) is 57.6 Å². The second-order valence-corrected chi connectivity index (χ2v) is 5.88. The Kier molecular flexibility index (Phi) is 4.51. The molecule has 0 spiro atoms. The van der Waals surface area contributed by atoms with Crippen LogP contribution >= 0.6 is 15.9 Å². The molecule has 0 aliphatic rings. The zero-order valence-corrected chi connectivity index (χ0v) is 12.2. The van der Waals surface area contributed by atoms with Gasteiger partial charge in [-0.15, -0.1) is 0 Å². The average Bonchev–Trinajstić information content (AvgIpc) is 2.23. The summed E-state index contributed by atoms with van der Waals surface area (Å²) < 4.78 is 0.789. The highest BCUT2D eigenvalue weighted by molar-refractivity contribution is 9.10. The molecule has 18 heavy (non-hydrogen) atoms. The SMILES string of the molecule is CC(C)(C)N(CC(=O)O)C(=O)c1cccc(Br)c1. The van der Waals surface area contributed by atoms with E-state index in [2.05, 4.69) is 15.9 Å². The van der Waals surface area contributed by atoms with Crippen molar-refractivity contribution >= 4 is 27.8 Å². The Hall–Kier alpha value is -1.36. The van der Waals surface area contributed by atoms with E-state index in [1.165, 1.54) is 4.90 Å². The van der Waals surface area contributed by atoms with Gasteiger partial charge in [-0.2, -0.15) is 0 Å². The van der Waals surface area contributed by atoms with E-state index >= 15 is 0 Å². The van der Waals surface area contributed by atoms with Crippen LogP contribution in [0.1, 0.15) is 31.1 Å².